The number of carbonyl (C=O) groups is 2. The third-order valence-corrected chi connectivity index (χ3v) is 4.41. The minimum atomic E-state index is -0.978. The smallest absolute Gasteiger partial charge is 0.313 e. The Morgan fingerprint density at radius 3 is 2.73 bits per heavy atom. The summed E-state index contributed by atoms with van der Waals surface area (Å²) < 4.78 is 5.09. The first kappa shape index (κ1) is 16.5. The van der Waals surface area contributed by atoms with Gasteiger partial charge in [0.25, 0.3) is 0 Å². The van der Waals surface area contributed by atoms with Gasteiger partial charge in [-0.25, -0.2) is 0 Å². The molecular weight excluding hydrogens is 282 g/mol. The van der Waals surface area contributed by atoms with Gasteiger partial charge in [0.05, 0.1) is 13.0 Å². The summed E-state index contributed by atoms with van der Waals surface area (Å²) in [5, 5.41) is 9.54. The van der Waals surface area contributed by atoms with E-state index in [1.54, 1.807) is 4.90 Å². The summed E-state index contributed by atoms with van der Waals surface area (Å²) in [7, 11) is 1.50. The lowest BCUT2D eigenvalue weighted by molar-refractivity contribution is -0.159. The van der Waals surface area contributed by atoms with Gasteiger partial charge in [0.15, 0.2) is 0 Å². The fourth-order valence-corrected chi connectivity index (χ4v) is 3.06. The highest BCUT2D eigenvalue weighted by molar-refractivity contribution is 5.81. The number of carbonyl (C=O) groups excluding carboxylic acids is 1. The predicted octanol–water partition coefficient (Wildman–Crippen LogP) is 1.88. The van der Waals surface area contributed by atoms with Crippen LogP contribution in [0.2, 0.25) is 0 Å². The van der Waals surface area contributed by atoms with Gasteiger partial charge in [-0.2, -0.15) is 0 Å². The van der Waals surface area contributed by atoms with Gasteiger partial charge in [0, 0.05) is 20.2 Å². The molecule has 1 aliphatic rings. The third-order valence-electron chi connectivity index (χ3n) is 4.41. The Morgan fingerprint density at radius 2 is 2.09 bits per heavy atom. The quantitative estimate of drug-likeness (QED) is 0.902. The first-order valence-corrected chi connectivity index (χ1v) is 7.53. The summed E-state index contributed by atoms with van der Waals surface area (Å²) in [4.78, 5) is 25.8. The van der Waals surface area contributed by atoms with Gasteiger partial charge in [-0.15, -0.1) is 0 Å². The van der Waals surface area contributed by atoms with Crippen molar-refractivity contribution >= 4 is 11.9 Å². The van der Waals surface area contributed by atoms with Gasteiger partial charge in [-0.3, -0.25) is 9.59 Å². The molecule has 1 unspecified atom stereocenters. The molecule has 1 aliphatic heterocycles. The van der Waals surface area contributed by atoms with Crippen LogP contribution in [0.5, 0.6) is 0 Å². The van der Waals surface area contributed by atoms with Crippen molar-refractivity contribution in [3.63, 3.8) is 0 Å². The van der Waals surface area contributed by atoms with Crippen LogP contribution in [0, 0.1) is 12.3 Å². The van der Waals surface area contributed by atoms with E-state index in [9.17, 15) is 14.7 Å². The standard InChI is InChI=1S/C17H23NO4/c1-13-6-3-4-7-14(13)10-15(19)18-9-5-8-17(11-18,12-22-2)16(20)21/h3-4,6-7H,5,8-12H2,1-2H3,(H,20,21). The zero-order chi connectivity index (χ0) is 16.2. The van der Waals surface area contributed by atoms with Crippen molar-refractivity contribution in [2.75, 3.05) is 26.8 Å². The number of nitrogens with zero attached hydrogens (tertiary/aromatic N) is 1. The van der Waals surface area contributed by atoms with Gasteiger partial charge in [0.2, 0.25) is 5.91 Å². The van der Waals surface area contributed by atoms with Gasteiger partial charge in [-0.1, -0.05) is 24.3 Å². The van der Waals surface area contributed by atoms with E-state index in [4.69, 9.17) is 4.74 Å². The largest absolute Gasteiger partial charge is 0.481 e. The zero-order valence-electron chi connectivity index (χ0n) is 13.2. The van der Waals surface area contributed by atoms with Gasteiger partial charge >= 0.3 is 5.97 Å². The maximum atomic E-state index is 12.5. The van der Waals surface area contributed by atoms with Crippen LogP contribution in [0.3, 0.4) is 0 Å². The lowest BCUT2D eigenvalue weighted by atomic mass is 9.80. The SMILES string of the molecule is COCC1(C(=O)O)CCCN(C(=O)Cc2ccccc2C)C1. The molecule has 22 heavy (non-hydrogen) atoms. The molecule has 1 atom stereocenters. The van der Waals surface area contributed by atoms with Crippen molar-refractivity contribution in [2.45, 2.75) is 26.2 Å². The van der Waals surface area contributed by atoms with Crippen LogP contribution in [-0.4, -0.2) is 48.7 Å². The molecule has 1 aromatic rings. The topological polar surface area (TPSA) is 66.8 Å². The second kappa shape index (κ2) is 6.92. The van der Waals surface area contributed by atoms with E-state index in [2.05, 4.69) is 0 Å². The fourth-order valence-electron chi connectivity index (χ4n) is 3.06. The number of amides is 1. The second-order valence-corrected chi connectivity index (χ2v) is 6.04. The van der Waals surface area contributed by atoms with Crippen molar-refractivity contribution in [3.05, 3.63) is 35.4 Å². The Hall–Kier alpha value is -1.88. The van der Waals surface area contributed by atoms with E-state index in [0.29, 0.717) is 25.8 Å². The molecule has 0 aliphatic carbocycles. The number of benzene rings is 1. The molecule has 2 rings (SSSR count). The number of hydrogen-bond acceptors (Lipinski definition) is 3. The van der Waals surface area contributed by atoms with Gasteiger partial charge < -0.3 is 14.7 Å². The number of hydrogen-bond donors (Lipinski definition) is 1. The summed E-state index contributed by atoms with van der Waals surface area (Å²) in [6, 6.07) is 7.78. The van der Waals surface area contributed by atoms with Gasteiger partial charge in [0.1, 0.15) is 5.41 Å². The molecule has 1 fully saturated rings. The van der Waals surface area contributed by atoms with Crippen LogP contribution in [-0.2, 0) is 20.7 Å². The molecule has 0 radical (unpaired) electrons. The van der Waals surface area contributed by atoms with E-state index >= 15 is 0 Å². The number of piperidine rings is 1. The maximum Gasteiger partial charge on any atom is 0.313 e. The van der Waals surface area contributed by atoms with Crippen molar-refractivity contribution in [1.29, 1.82) is 0 Å². The van der Waals surface area contributed by atoms with Crippen LogP contribution in [0.1, 0.15) is 24.0 Å². The number of aryl methyl sites for hydroxylation is 1. The first-order chi connectivity index (χ1) is 10.5. The van der Waals surface area contributed by atoms with Crippen molar-refractivity contribution in [1.82, 2.24) is 4.90 Å². The molecule has 1 heterocycles. The number of ether oxygens (including phenoxy) is 1. The number of carboxylic acid groups (broad SMARTS) is 1. The van der Waals surface area contributed by atoms with Crippen LogP contribution >= 0.6 is 0 Å². The van der Waals surface area contributed by atoms with Crippen LogP contribution in [0.4, 0.5) is 0 Å². The first-order valence-electron chi connectivity index (χ1n) is 7.53. The van der Waals surface area contributed by atoms with Crippen molar-refractivity contribution < 1.29 is 19.4 Å². The van der Waals surface area contributed by atoms with Crippen molar-refractivity contribution in [3.8, 4) is 0 Å². The van der Waals surface area contributed by atoms with Gasteiger partial charge in [-0.05, 0) is 30.9 Å². The monoisotopic (exact) mass is 305 g/mol. The minimum Gasteiger partial charge on any atom is -0.481 e. The van der Waals surface area contributed by atoms with Crippen LogP contribution in [0.25, 0.3) is 0 Å². The Labute approximate surface area is 130 Å². The molecule has 0 saturated carbocycles. The number of likely N-dealkylation sites (tertiary alicyclic amines) is 1. The summed E-state index contributed by atoms with van der Waals surface area (Å²) >= 11 is 0. The number of aliphatic carboxylic acids is 1. The van der Waals surface area contributed by atoms with E-state index in [1.165, 1.54) is 7.11 Å². The normalized spacial score (nSPS) is 21.6. The Kier molecular flexibility index (Phi) is 5.19. The van der Waals surface area contributed by atoms with Crippen molar-refractivity contribution in [2.24, 2.45) is 5.41 Å². The lowest BCUT2D eigenvalue weighted by Gasteiger charge is -2.39. The molecule has 1 amide bonds. The molecule has 1 saturated heterocycles. The Morgan fingerprint density at radius 1 is 1.36 bits per heavy atom. The number of methoxy groups -OCH3 is 1. The average molecular weight is 305 g/mol. The lowest BCUT2D eigenvalue weighted by Crippen LogP contribution is -2.52. The number of carboxylic acids is 1. The van der Waals surface area contributed by atoms with E-state index in [-0.39, 0.29) is 19.1 Å². The summed E-state index contributed by atoms with van der Waals surface area (Å²) in [6.07, 6.45) is 1.55. The molecule has 0 aromatic heterocycles. The average Bonchev–Trinajstić information content (AvgIpc) is 2.50. The van der Waals surface area contributed by atoms with Crippen LogP contribution < -0.4 is 0 Å². The Balaban J connectivity index is 2.10. The highest BCUT2D eigenvalue weighted by Gasteiger charge is 2.43. The highest BCUT2D eigenvalue weighted by atomic mass is 16.5. The van der Waals surface area contributed by atoms with E-state index < -0.39 is 11.4 Å². The summed E-state index contributed by atoms with van der Waals surface area (Å²) in [5.41, 5.74) is 1.09. The Bertz CT molecular complexity index is 553. The van der Waals surface area contributed by atoms with E-state index in [0.717, 1.165) is 11.1 Å². The van der Waals surface area contributed by atoms with E-state index in [1.807, 2.05) is 31.2 Å². The molecule has 120 valence electrons. The molecule has 5 heteroatoms. The molecule has 1 aromatic carbocycles. The molecule has 1 N–H and O–H groups in total. The fraction of sp³-hybridized carbons (Fsp3) is 0.529. The highest BCUT2D eigenvalue weighted by Crippen LogP contribution is 2.31. The maximum absolute atomic E-state index is 12.5. The summed E-state index contributed by atoms with van der Waals surface area (Å²) in [6.45, 7) is 2.95. The predicted molar refractivity (Wildman–Crippen MR) is 82.6 cm³/mol. The molecule has 5 nitrogen and oxygen atoms in total. The molecular formula is C17H23NO4. The second-order valence-electron chi connectivity index (χ2n) is 6.04. The zero-order valence-corrected chi connectivity index (χ0v) is 13.2. The number of rotatable bonds is 5. The minimum absolute atomic E-state index is 0.0178. The summed E-state index contributed by atoms with van der Waals surface area (Å²) in [5.74, 6) is -0.904. The molecule has 0 bridgehead atoms. The third kappa shape index (κ3) is 3.47. The van der Waals surface area contributed by atoms with Crippen LogP contribution in [0.15, 0.2) is 24.3 Å². The molecule has 0 spiro atoms.